The van der Waals surface area contributed by atoms with E-state index in [1.807, 2.05) is 0 Å². The molecule has 1 fully saturated rings. The van der Waals surface area contributed by atoms with Crippen molar-refractivity contribution in [2.45, 2.75) is 37.6 Å². The maximum atomic E-state index is 14.5. The number of hydrogen-bond acceptors (Lipinski definition) is 5. The van der Waals surface area contributed by atoms with E-state index in [0.29, 0.717) is 12.7 Å². The first kappa shape index (κ1) is 15.9. The summed E-state index contributed by atoms with van der Waals surface area (Å²) < 4.78 is 35.8. The van der Waals surface area contributed by atoms with E-state index in [1.54, 1.807) is 4.57 Å². The van der Waals surface area contributed by atoms with Gasteiger partial charge in [-0.1, -0.05) is 12.8 Å². The van der Waals surface area contributed by atoms with Crippen LogP contribution in [0, 0.1) is 16.5 Å². The van der Waals surface area contributed by atoms with E-state index in [0.717, 1.165) is 25.7 Å². The molecule has 1 aromatic heterocycles. The third-order valence-electron chi connectivity index (χ3n) is 5.36. The van der Waals surface area contributed by atoms with E-state index < -0.39 is 39.4 Å². The maximum Gasteiger partial charge on any atom is 0.205 e. The van der Waals surface area contributed by atoms with Gasteiger partial charge in [-0.2, -0.15) is 4.39 Å². The van der Waals surface area contributed by atoms with Crippen LogP contribution >= 0.6 is 0 Å². The summed E-state index contributed by atoms with van der Waals surface area (Å²) in [6.07, 6.45) is 5.64. The van der Waals surface area contributed by atoms with Crippen molar-refractivity contribution in [1.29, 1.82) is 0 Å². The highest BCUT2D eigenvalue weighted by atomic mass is 19.2. The van der Waals surface area contributed by atoms with Crippen LogP contribution in [0.4, 0.5) is 14.5 Å². The summed E-state index contributed by atoms with van der Waals surface area (Å²) in [5, 5.41) is 2.13. The lowest BCUT2D eigenvalue weighted by molar-refractivity contribution is 0.112. The number of nitroso groups, excluding NO2 is 1. The van der Waals surface area contributed by atoms with Crippen molar-refractivity contribution in [1.82, 2.24) is 4.57 Å². The first-order valence-electron chi connectivity index (χ1n) is 8.06. The molecule has 1 spiro atoms. The van der Waals surface area contributed by atoms with Gasteiger partial charge >= 0.3 is 0 Å². The van der Waals surface area contributed by atoms with E-state index >= 15 is 0 Å². The molecule has 2 aliphatic rings. The molecule has 8 heteroatoms. The lowest BCUT2D eigenvalue weighted by Gasteiger charge is -2.32. The fraction of sp³-hybridized carbons (Fsp3) is 0.412. The fourth-order valence-corrected chi connectivity index (χ4v) is 4.16. The second kappa shape index (κ2) is 5.44. The highest BCUT2D eigenvalue weighted by Crippen LogP contribution is 2.47. The molecule has 2 aromatic rings. The van der Waals surface area contributed by atoms with E-state index in [-0.39, 0.29) is 17.7 Å². The molecule has 4 rings (SSSR count). The largest absolute Gasteiger partial charge is 0.488 e. The molecule has 0 atom stereocenters. The number of rotatable bonds is 2. The molecule has 0 N–H and O–H groups in total. The number of carbonyl (C=O) groups is 1. The number of fused-ring (bicyclic) bond motifs is 1. The molecule has 0 amide bonds. The quantitative estimate of drug-likeness (QED) is 0.614. The van der Waals surface area contributed by atoms with Crippen LogP contribution in [0.15, 0.2) is 16.2 Å². The van der Waals surface area contributed by atoms with E-state index in [9.17, 15) is 23.3 Å². The van der Waals surface area contributed by atoms with Gasteiger partial charge in [-0.3, -0.25) is 9.59 Å². The van der Waals surface area contributed by atoms with Gasteiger partial charge in [-0.15, -0.1) is 4.91 Å². The Kier molecular flexibility index (Phi) is 3.45. The molecule has 1 aromatic carbocycles. The Balaban J connectivity index is 2.28. The molecule has 0 radical (unpaired) electrons. The predicted molar refractivity (Wildman–Crippen MR) is 85.5 cm³/mol. The zero-order valence-corrected chi connectivity index (χ0v) is 13.2. The van der Waals surface area contributed by atoms with Crippen molar-refractivity contribution in [2.75, 3.05) is 6.61 Å². The van der Waals surface area contributed by atoms with Gasteiger partial charge < -0.3 is 9.30 Å². The minimum absolute atomic E-state index is 0.00324. The minimum Gasteiger partial charge on any atom is -0.488 e. The van der Waals surface area contributed by atoms with Crippen molar-refractivity contribution in [3.05, 3.63) is 38.5 Å². The van der Waals surface area contributed by atoms with Crippen molar-refractivity contribution < 1.29 is 18.3 Å². The van der Waals surface area contributed by atoms with Crippen LogP contribution in [-0.4, -0.2) is 17.5 Å². The van der Waals surface area contributed by atoms with Crippen LogP contribution in [0.3, 0.4) is 0 Å². The van der Waals surface area contributed by atoms with Crippen molar-refractivity contribution in [3.63, 3.8) is 0 Å². The Morgan fingerprint density at radius 2 is 1.92 bits per heavy atom. The molecule has 6 nitrogen and oxygen atoms in total. The second-order valence-electron chi connectivity index (χ2n) is 6.55. The average molecular weight is 348 g/mol. The summed E-state index contributed by atoms with van der Waals surface area (Å²) in [6, 6.07) is 0. The third kappa shape index (κ3) is 1.99. The van der Waals surface area contributed by atoms with Gasteiger partial charge in [-0.05, 0) is 18.0 Å². The summed E-state index contributed by atoms with van der Waals surface area (Å²) >= 11 is 0. The summed E-state index contributed by atoms with van der Waals surface area (Å²) in [5.74, 6) is -3.28. The standard InChI is InChI=1S/C17H14F2N2O4/c18-11-12(19)16-14-10(13(11)20-24)15(23)9(8-22)7-21(14)17(5-6-25-16)3-1-2-4-17/h7-8H,1-6H2. The summed E-state index contributed by atoms with van der Waals surface area (Å²) in [7, 11) is 0. The molecule has 0 saturated heterocycles. The van der Waals surface area contributed by atoms with Gasteiger partial charge in [0.1, 0.15) is 5.52 Å². The molecule has 25 heavy (non-hydrogen) atoms. The van der Waals surface area contributed by atoms with Crippen LogP contribution in [-0.2, 0) is 5.54 Å². The third-order valence-corrected chi connectivity index (χ3v) is 5.36. The number of carbonyl (C=O) groups excluding carboxylic acids is 1. The number of ether oxygens (including phenoxy) is 1. The average Bonchev–Trinajstić information content (AvgIpc) is 3.02. The Hall–Kier alpha value is -2.64. The molecular formula is C17H14F2N2O4. The van der Waals surface area contributed by atoms with Gasteiger partial charge in [0, 0.05) is 18.2 Å². The lowest BCUT2D eigenvalue weighted by Crippen LogP contribution is -2.32. The molecule has 1 saturated carbocycles. The Labute approximate surface area is 140 Å². The highest BCUT2D eigenvalue weighted by Gasteiger charge is 2.40. The highest BCUT2D eigenvalue weighted by molar-refractivity contribution is 5.98. The predicted octanol–water partition coefficient (Wildman–Crippen LogP) is 3.54. The Morgan fingerprint density at radius 3 is 2.56 bits per heavy atom. The number of halogens is 2. The summed E-state index contributed by atoms with van der Waals surface area (Å²) in [6.45, 7) is 0.144. The van der Waals surface area contributed by atoms with Gasteiger partial charge in [0.05, 0.1) is 17.6 Å². The SMILES string of the molecule is O=Cc1cn2c3c(c(F)c(F)c(N=O)c3c1=O)OCCC21CCCC1. The summed E-state index contributed by atoms with van der Waals surface area (Å²) in [4.78, 5) is 35.1. The normalized spacial score (nSPS) is 18.2. The maximum absolute atomic E-state index is 14.5. The molecular weight excluding hydrogens is 334 g/mol. The molecule has 1 aliphatic carbocycles. The first-order valence-corrected chi connectivity index (χ1v) is 8.06. The number of benzene rings is 1. The first-order chi connectivity index (χ1) is 12.0. The van der Waals surface area contributed by atoms with Gasteiger partial charge in [0.25, 0.3) is 0 Å². The topological polar surface area (TPSA) is 77.7 Å². The smallest absolute Gasteiger partial charge is 0.205 e. The minimum atomic E-state index is -1.54. The van der Waals surface area contributed by atoms with Crippen molar-refractivity contribution in [2.24, 2.45) is 5.18 Å². The van der Waals surface area contributed by atoms with Crippen LogP contribution in [0.2, 0.25) is 0 Å². The molecule has 2 heterocycles. The zero-order valence-electron chi connectivity index (χ0n) is 13.2. The second-order valence-corrected chi connectivity index (χ2v) is 6.55. The Bertz CT molecular complexity index is 977. The van der Waals surface area contributed by atoms with Crippen molar-refractivity contribution in [3.8, 4) is 5.75 Å². The molecule has 0 bridgehead atoms. The molecule has 0 unspecified atom stereocenters. The van der Waals surface area contributed by atoms with Crippen molar-refractivity contribution >= 4 is 22.9 Å². The number of hydrogen-bond donors (Lipinski definition) is 0. The Morgan fingerprint density at radius 1 is 1.20 bits per heavy atom. The van der Waals surface area contributed by atoms with E-state index in [2.05, 4.69) is 5.18 Å². The van der Waals surface area contributed by atoms with E-state index in [1.165, 1.54) is 6.20 Å². The molecule has 1 aliphatic heterocycles. The number of aromatic nitrogens is 1. The number of nitrogens with zero attached hydrogens (tertiary/aromatic N) is 2. The van der Waals surface area contributed by atoms with Gasteiger partial charge in [0.15, 0.2) is 23.5 Å². The fourth-order valence-electron chi connectivity index (χ4n) is 4.16. The van der Waals surface area contributed by atoms with Gasteiger partial charge in [0.2, 0.25) is 11.2 Å². The molecule has 130 valence electrons. The summed E-state index contributed by atoms with van der Waals surface area (Å²) in [5.41, 5.74) is -2.45. The lowest BCUT2D eigenvalue weighted by atomic mass is 9.92. The van der Waals surface area contributed by atoms with Crippen LogP contribution < -0.4 is 10.2 Å². The van der Waals surface area contributed by atoms with E-state index in [4.69, 9.17) is 4.74 Å². The zero-order chi connectivity index (χ0) is 17.8. The number of pyridine rings is 1. The van der Waals surface area contributed by atoms with Crippen LogP contribution in [0.1, 0.15) is 42.5 Å². The van der Waals surface area contributed by atoms with Gasteiger partial charge in [-0.25, -0.2) is 4.39 Å². The van der Waals surface area contributed by atoms with Crippen LogP contribution in [0.25, 0.3) is 10.9 Å². The number of aldehydes is 1. The van der Waals surface area contributed by atoms with Crippen LogP contribution in [0.5, 0.6) is 5.75 Å². The monoisotopic (exact) mass is 348 g/mol.